The molecule has 1 aromatic rings. The van der Waals surface area contributed by atoms with Crippen LogP contribution in [0.15, 0.2) is 30.3 Å². The van der Waals surface area contributed by atoms with Crippen LogP contribution in [0.5, 0.6) is 0 Å². The van der Waals surface area contributed by atoms with Gasteiger partial charge in [-0.05, 0) is 69.8 Å². The predicted octanol–water partition coefficient (Wildman–Crippen LogP) is 3.49. The molecule has 0 aliphatic carbocycles. The molecule has 0 aromatic heterocycles. The highest BCUT2D eigenvalue weighted by atomic mass is 35.5. The Morgan fingerprint density at radius 2 is 1.70 bits per heavy atom. The molecule has 1 saturated heterocycles. The maximum Gasteiger partial charge on any atom is -0.00160 e. The highest BCUT2D eigenvalue weighted by Gasteiger charge is 2.18. The zero-order chi connectivity index (χ0) is 13.3. The van der Waals surface area contributed by atoms with Crippen LogP contribution < -0.4 is 5.73 Å². The lowest BCUT2D eigenvalue weighted by Gasteiger charge is -2.32. The van der Waals surface area contributed by atoms with Crippen LogP contribution in [0, 0.1) is 5.92 Å². The van der Waals surface area contributed by atoms with Gasteiger partial charge in [-0.3, -0.25) is 0 Å². The molecular formula is C17H29ClN2. The van der Waals surface area contributed by atoms with Crippen LogP contribution in [0.4, 0.5) is 0 Å². The van der Waals surface area contributed by atoms with Crippen LogP contribution in [-0.4, -0.2) is 31.1 Å². The molecule has 0 amide bonds. The van der Waals surface area contributed by atoms with Crippen molar-refractivity contribution in [1.82, 2.24) is 4.90 Å². The maximum absolute atomic E-state index is 5.53. The SMILES string of the molecule is Cl.NCCCCCN1CCC(Cc2ccccc2)CC1. The van der Waals surface area contributed by atoms with Gasteiger partial charge in [0.25, 0.3) is 0 Å². The van der Waals surface area contributed by atoms with Crippen LogP contribution >= 0.6 is 12.4 Å². The summed E-state index contributed by atoms with van der Waals surface area (Å²) in [5.74, 6) is 0.891. The fraction of sp³-hybridized carbons (Fsp3) is 0.647. The molecule has 114 valence electrons. The standard InChI is InChI=1S/C17H28N2.ClH/c18-11-5-2-6-12-19-13-9-17(10-14-19)15-16-7-3-1-4-8-16;/h1,3-4,7-8,17H,2,5-6,9-15,18H2;1H. The summed E-state index contributed by atoms with van der Waals surface area (Å²) in [6, 6.07) is 10.9. The molecule has 1 heterocycles. The molecule has 0 bridgehead atoms. The number of hydrogen-bond donors (Lipinski definition) is 1. The molecule has 0 radical (unpaired) electrons. The van der Waals surface area contributed by atoms with Gasteiger partial charge < -0.3 is 10.6 Å². The molecule has 0 atom stereocenters. The van der Waals surface area contributed by atoms with E-state index in [9.17, 15) is 0 Å². The average molecular weight is 297 g/mol. The molecule has 2 nitrogen and oxygen atoms in total. The Kier molecular flexibility index (Phi) is 8.92. The van der Waals surface area contributed by atoms with Gasteiger partial charge in [-0.2, -0.15) is 0 Å². The minimum atomic E-state index is 0. The van der Waals surface area contributed by atoms with E-state index in [-0.39, 0.29) is 12.4 Å². The fourth-order valence-corrected chi connectivity index (χ4v) is 3.02. The lowest BCUT2D eigenvalue weighted by molar-refractivity contribution is 0.181. The normalized spacial score (nSPS) is 16.9. The Labute approximate surface area is 130 Å². The van der Waals surface area contributed by atoms with Gasteiger partial charge in [0.2, 0.25) is 0 Å². The summed E-state index contributed by atoms with van der Waals surface area (Å²) in [6.45, 7) is 4.71. The Balaban J connectivity index is 0.00000200. The van der Waals surface area contributed by atoms with E-state index in [1.165, 1.54) is 63.7 Å². The van der Waals surface area contributed by atoms with E-state index in [4.69, 9.17) is 5.73 Å². The van der Waals surface area contributed by atoms with Crippen molar-refractivity contribution in [2.45, 2.75) is 38.5 Å². The smallest absolute Gasteiger partial charge is 0.00160 e. The number of rotatable bonds is 7. The number of nitrogens with zero attached hydrogens (tertiary/aromatic N) is 1. The molecule has 0 unspecified atom stereocenters. The van der Waals surface area contributed by atoms with E-state index in [0.29, 0.717) is 0 Å². The van der Waals surface area contributed by atoms with Crippen molar-refractivity contribution in [2.75, 3.05) is 26.2 Å². The quantitative estimate of drug-likeness (QED) is 0.781. The molecule has 1 aliphatic heterocycles. The number of halogens is 1. The summed E-state index contributed by atoms with van der Waals surface area (Å²) in [4.78, 5) is 2.64. The van der Waals surface area contributed by atoms with E-state index >= 15 is 0 Å². The van der Waals surface area contributed by atoms with Gasteiger partial charge in [0.05, 0.1) is 0 Å². The van der Waals surface area contributed by atoms with Gasteiger partial charge in [0, 0.05) is 0 Å². The Bertz CT molecular complexity index is 334. The van der Waals surface area contributed by atoms with E-state index in [1.54, 1.807) is 0 Å². The third-order valence-corrected chi connectivity index (χ3v) is 4.25. The van der Waals surface area contributed by atoms with Crippen molar-refractivity contribution >= 4 is 12.4 Å². The molecular weight excluding hydrogens is 268 g/mol. The molecule has 1 aromatic carbocycles. The minimum absolute atomic E-state index is 0. The lowest BCUT2D eigenvalue weighted by Crippen LogP contribution is -2.35. The first-order chi connectivity index (χ1) is 9.38. The highest BCUT2D eigenvalue weighted by molar-refractivity contribution is 5.85. The van der Waals surface area contributed by atoms with Crippen molar-refractivity contribution in [3.8, 4) is 0 Å². The largest absolute Gasteiger partial charge is 0.330 e. The van der Waals surface area contributed by atoms with Gasteiger partial charge >= 0.3 is 0 Å². The maximum atomic E-state index is 5.53. The summed E-state index contributed by atoms with van der Waals surface area (Å²) in [7, 11) is 0. The third-order valence-electron chi connectivity index (χ3n) is 4.25. The minimum Gasteiger partial charge on any atom is -0.330 e. The third kappa shape index (κ3) is 6.25. The molecule has 2 N–H and O–H groups in total. The summed E-state index contributed by atoms with van der Waals surface area (Å²) >= 11 is 0. The zero-order valence-corrected chi connectivity index (χ0v) is 13.3. The monoisotopic (exact) mass is 296 g/mol. The number of benzene rings is 1. The molecule has 2 rings (SSSR count). The van der Waals surface area contributed by atoms with Crippen molar-refractivity contribution < 1.29 is 0 Å². The number of piperidine rings is 1. The average Bonchev–Trinajstić information content (AvgIpc) is 2.46. The van der Waals surface area contributed by atoms with Gasteiger partial charge in [0.15, 0.2) is 0 Å². The second-order valence-electron chi connectivity index (χ2n) is 5.82. The van der Waals surface area contributed by atoms with Gasteiger partial charge in [-0.25, -0.2) is 0 Å². The molecule has 1 aliphatic rings. The van der Waals surface area contributed by atoms with Crippen molar-refractivity contribution in [2.24, 2.45) is 11.7 Å². The van der Waals surface area contributed by atoms with Crippen LogP contribution in [0.1, 0.15) is 37.7 Å². The first kappa shape index (κ1) is 17.5. The Morgan fingerprint density at radius 1 is 1.00 bits per heavy atom. The second-order valence-corrected chi connectivity index (χ2v) is 5.82. The van der Waals surface area contributed by atoms with Crippen molar-refractivity contribution in [1.29, 1.82) is 0 Å². The van der Waals surface area contributed by atoms with Crippen molar-refractivity contribution in [3.05, 3.63) is 35.9 Å². The number of hydrogen-bond acceptors (Lipinski definition) is 2. The summed E-state index contributed by atoms with van der Waals surface area (Å²) in [6.07, 6.45) is 7.80. The van der Waals surface area contributed by atoms with Gasteiger partial charge in [-0.15, -0.1) is 12.4 Å². The zero-order valence-electron chi connectivity index (χ0n) is 12.5. The van der Waals surface area contributed by atoms with E-state index in [1.807, 2.05) is 0 Å². The highest BCUT2D eigenvalue weighted by Crippen LogP contribution is 2.21. The van der Waals surface area contributed by atoms with Gasteiger partial charge in [-0.1, -0.05) is 36.8 Å². The number of unbranched alkanes of at least 4 members (excludes halogenated alkanes) is 2. The van der Waals surface area contributed by atoms with Crippen molar-refractivity contribution in [3.63, 3.8) is 0 Å². The first-order valence-electron chi connectivity index (χ1n) is 7.85. The van der Waals surface area contributed by atoms with Crippen LogP contribution in [0.3, 0.4) is 0 Å². The predicted molar refractivity (Wildman–Crippen MR) is 89.5 cm³/mol. The van der Waals surface area contributed by atoms with Crippen LogP contribution in [0.2, 0.25) is 0 Å². The lowest BCUT2D eigenvalue weighted by atomic mass is 9.90. The summed E-state index contributed by atoms with van der Waals surface area (Å²) in [5, 5.41) is 0. The van der Waals surface area contributed by atoms with E-state index in [0.717, 1.165) is 12.5 Å². The summed E-state index contributed by atoms with van der Waals surface area (Å²) < 4.78 is 0. The van der Waals surface area contributed by atoms with Crippen LogP contribution in [0.25, 0.3) is 0 Å². The molecule has 0 saturated carbocycles. The fourth-order valence-electron chi connectivity index (χ4n) is 3.02. The Hall–Kier alpha value is -0.570. The molecule has 3 heteroatoms. The molecule has 1 fully saturated rings. The first-order valence-corrected chi connectivity index (χ1v) is 7.85. The number of nitrogens with two attached hydrogens (primary N) is 1. The Morgan fingerprint density at radius 3 is 2.35 bits per heavy atom. The second kappa shape index (κ2) is 10.2. The topological polar surface area (TPSA) is 29.3 Å². The molecule has 20 heavy (non-hydrogen) atoms. The van der Waals surface area contributed by atoms with Gasteiger partial charge in [0.1, 0.15) is 0 Å². The molecule has 0 spiro atoms. The van der Waals surface area contributed by atoms with Crippen LogP contribution in [-0.2, 0) is 6.42 Å². The summed E-state index contributed by atoms with van der Waals surface area (Å²) in [5.41, 5.74) is 7.03. The van der Waals surface area contributed by atoms with E-state index < -0.39 is 0 Å². The van der Waals surface area contributed by atoms with E-state index in [2.05, 4.69) is 35.2 Å². The number of likely N-dealkylation sites (tertiary alicyclic amines) is 1.